The van der Waals surface area contributed by atoms with Gasteiger partial charge in [0.1, 0.15) is 0 Å². The third kappa shape index (κ3) is 5.85. The van der Waals surface area contributed by atoms with Crippen LogP contribution in [0.4, 0.5) is 0 Å². The maximum absolute atomic E-state index is 12.3. The maximum Gasteiger partial charge on any atom is 0.236 e. The summed E-state index contributed by atoms with van der Waals surface area (Å²) in [6, 6.07) is 0.420. The smallest absolute Gasteiger partial charge is 0.236 e. The molecule has 3 fully saturated rings. The van der Waals surface area contributed by atoms with Crippen LogP contribution in [-0.2, 0) is 9.53 Å². The van der Waals surface area contributed by atoms with Gasteiger partial charge in [0.25, 0.3) is 0 Å². The second kappa shape index (κ2) is 9.93. The molecule has 0 radical (unpaired) electrons. The number of nitrogens with one attached hydrogen (secondary N) is 1. The molecule has 0 aromatic heterocycles. The molecule has 7 heteroatoms. The predicted octanol–water partition coefficient (Wildman–Crippen LogP) is 1.15. The van der Waals surface area contributed by atoms with Crippen molar-refractivity contribution in [2.24, 2.45) is 5.92 Å². The minimum absolute atomic E-state index is 0. The van der Waals surface area contributed by atoms with Crippen molar-refractivity contribution in [1.82, 2.24) is 15.1 Å². The second-order valence-electron chi connectivity index (χ2n) is 6.37. The highest BCUT2D eigenvalue weighted by Crippen LogP contribution is 2.27. The number of hydrogen-bond acceptors (Lipinski definition) is 4. The van der Waals surface area contributed by atoms with E-state index in [1.165, 1.54) is 12.8 Å². The summed E-state index contributed by atoms with van der Waals surface area (Å²) < 4.78 is 5.39. The molecule has 1 saturated carbocycles. The van der Waals surface area contributed by atoms with Crippen LogP contribution in [0.15, 0.2) is 0 Å². The number of carbonyl (C=O) groups excluding carboxylic acids is 1. The first-order chi connectivity index (χ1) is 9.83. The lowest BCUT2D eigenvalue weighted by Gasteiger charge is -2.33. The molecule has 0 spiro atoms. The van der Waals surface area contributed by atoms with Crippen LogP contribution in [0.5, 0.6) is 0 Å². The molecule has 1 amide bonds. The lowest BCUT2D eigenvalue weighted by Crippen LogP contribution is -2.48. The number of halogens is 2. The average molecular weight is 354 g/mol. The summed E-state index contributed by atoms with van der Waals surface area (Å²) in [5, 5.41) is 3.32. The molecule has 0 aromatic carbocycles. The molecular weight excluding hydrogens is 325 g/mol. The van der Waals surface area contributed by atoms with Crippen LogP contribution in [0.3, 0.4) is 0 Å². The highest BCUT2D eigenvalue weighted by Gasteiger charge is 2.30. The summed E-state index contributed by atoms with van der Waals surface area (Å²) >= 11 is 0. The first kappa shape index (κ1) is 20.0. The molecule has 2 aliphatic heterocycles. The molecule has 1 aliphatic carbocycles. The van der Waals surface area contributed by atoms with Gasteiger partial charge in [0.05, 0.1) is 19.8 Å². The van der Waals surface area contributed by atoms with Gasteiger partial charge < -0.3 is 15.0 Å². The number of morpholine rings is 1. The monoisotopic (exact) mass is 353 g/mol. The maximum atomic E-state index is 12.3. The molecule has 1 atom stereocenters. The van der Waals surface area contributed by atoms with Crippen LogP contribution >= 0.6 is 24.8 Å². The van der Waals surface area contributed by atoms with Gasteiger partial charge in [-0.15, -0.1) is 24.8 Å². The molecular formula is C15H29Cl2N3O2. The topological polar surface area (TPSA) is 44.8 Å². The summed E-state index contributed by atoms with van der Waals surface area (Å²) in [5.74, 6) is 1.13. The van der Waals surface area contributed by atoms with E-state index in [1.54, 1.807) is 0 Å². The zero-order chi connectivity index (χ0) is 13.8. The van der Waals surface area contributed by atoms with Gasteiger partial charge in [0, 0.05) is 32.2 Å². The lowest BCUT2D eigenvalue weighted by atomic mass is 10.2. The molecule has 130 valence electrons. The first-order valence-electron chi connectivity index (χ1n) is 8.13. The molecule has 1 unspecified atom stereocenters. The van der Waals surface area contributed by atoms with Crippen LogP contribution in [0.1, 0.15) is 25.7 Å². The minimum atomic E-state index is 0. The summed E-state index contributed by atoms with van der Waals surface area (Å²) in [7, 11) is 0. The van der Waals surface area contributed by atoms with Crippen molar-refractivity contribution in [3.63, 3.8) is 0 Å². The van der Waals surface area contributed by atoms with E-state index in [-0.39, 0.29) is 24.8 Å². The Morgan fingerprint density at radius 1 is 1.09 bits per heavy atom. The Bertz CT molecular complexity index is 337. The summed E-state index contributed by atoms with van der Waals surface area (Å²) in [6.45, 7) is 7.21. The fraction of sp³-hybridized carbons (Fsp3) is 0.933. The largest absolute Gasteiger partial charge is 0.379 e. The van der Waals surface area contributed by atoms with Gasteiger partial charge in [-0.3, -0.25) is 9.69 Å². The van der Waals surface area contributed by atoms with Crippen LogP contribution in [0.2, 0.25) is 0 Å². The molecule has 2 saturated heterocycles. The molecule has 0 aromatic rings. The average Bonchev–Trinajstić information content (AvgIpc) is 3.17. The van der Waals surface area contributed by atoms with Crippen LogP contribution < -0.4 is 5.32 Å². The lowest BCUT2D eigenvalue weighted by molar-refractivity contribution is -0.131. The summed E-state index contributed by atoms with van der Waals surface area (Å²) in [5.41, 5.74) is 0. The highest BCUT2D eigenvalue weighted by molar-refractivity contribution is 5.85. The van der Waals surface area contributed by atoms with Crippen molar-refractivity contribution < 1.29 is 9.53 Å². The van der Waals surface area contributed by atoms with Crippen LogP contribution in [-0.4, -0.2) is 74.2 Å². The fourth-order valence-electron chi connectivity index (χ4n) is 3.24. The predicted molar refractivity (Wildman–Crippen MR) is 92.1 cm³/mol. The highest BCUT2D eigenvalue weighted by atomic mass is 35.5. The first-order valence-corrected chi connectivity index (χ1v) is 8.13. The Morgan fingerprint density at radius 3 is 2.50 bits per heavy atom. The van der Waals surface area contributed by atoms with E-state index in [2.05, 4.69) is 15.1 Å². The Balaban J connectivity index is 0.00000121. The number of carbonyl (C=O) groups is 1. The Labute approximate surface area is 145 Å². The van der Waals surface area contributed by atoms with E-state index < -0.39 is 0 Å². The Kier molecular flexibility index (Phi) is 9.02. The van der Waals surface area contributed by atoms with Crippen molar-refractivity contribution in [3.05, 3.63) is 0 Å². The molecule has 3 aliphatic rings. The van der Waals surface area contributed by atoms with Gasteiger partial charge >= 0.3 is 0 Å². The van der Waals surface area contributed by atoms with Crippen molar-refractivity contribution in [2.45, 2.75) is 31.7 Å². The van der Waals surface area contributed by atoms with Gasteiger partial charge in [-0.25, -0.2) is 0 Å². The second-order valence-corrected chi connectivity index (χ2v) is 6.37. The van der Waals surface area contributed by atoms with Gasteiger partial charge in [-0.1, -0.05) is 0 Å². The SMILES string of the molecule is Cl.Cl.O=C(CNCC1CC1)N1CCCC1CN1CCOCC1. The quantitative estimate of drug-likeness (QED) is 0.777. The van der Waals surface area contributed by atoms with E-state index in [4.69, 9.17) is 4.74 Å². The molecule has 1 N–H and O–H groups in total. The summed E-state index contributed by atoms with van der Waals surface area (Å²) in [6.07, 6.45) is 4.99. The number of nitrogens with zero attached hydrogens (tertiary/aromatic N) is 2. The van der Waals surface area contributed by atoms with Gasteiger partial charge in [-0.05, 0) is 38.1 Å². The zero-order valence-corrected chi connectivity index (χ0v) is 14.8. The van der Waals surface area contributed by atoms with Gasteiger partial charge in [0.15, 0.2) is 0 Å². The van der Waals surface area contributed by atoms with Crippen molar-refractivity contribution in [3.8, 4) is 0 Å². The van der Waals surface area contributed by atoms with Gasteiger partial charge in [0.2, 0.25) is 5.91 Å². The zero-order valence-electron chi connectivity index (χ0n) is 13.2. The van der Waals surface area contributed by atoms with E-state index in [0.717, 1.165) is 64.7 Å². The third-order valence-corrected chi connectivity index (χ3v) is 4.68. The van der Waals surface area contributed by atoms with Crippen molar-refractivity contribution >= 4 is 30.7 Å². The molecule has 0 bridgehead atoms. The standard InChI is InChI=1S/C15H27N3O2.2ClH/c19-15(11-16-10-13-3-4-13)18-5-1-2-14(18)12-17-6-8-20-9-7-17;;/h13-14,16H,1-12H2;2*1H. The summed E-state index contributed by atoms with van der Waals surface area (Å²) in [4.78, 5) is 16.9. The van der Waals surface area contributed by atoms with E-state index in [1.807, 2.05) is 0 Å². The van der Waals surface area contributed by atoms with Crippen molar-refractivity contribution in [2.75, 3.05) is 52.5 Å². The van der Waals surface area contributed by atoms with Crippen LogP contribution in [0, 0.1) is 5.92 Å². The third-order valence-electron chi connectivity index (χ3n) is 4.68. The molecule has 5 nitrogen and oxygen atoms in total. The van der Waals surface area contributed by atoms with E-state index in [0.29, 0.717) is 18.5 Å². The Hall–Kier alpha value is -0.0700. The van der Waals surface area contributed by atoms with E-state index >= 15 is 0 Å². The number of likely N-dealkylation sites (tertiary alicyclic amines) is 1. The van der Waals surface area contributed by atoms with Crippen LogP contribution in [0.25, 0.3) is 0 Å². The number of amides is 1. The number of hydrogen-bond donors (Lipinski definition) is 1. The van der Waals surface area contributed by atoms with Gasteiger partial charge in [-0.2, -0.15) is 0 Å². The normalized spacial score (nSPS) is 25.5. The molecule has 2 heterocycles. The number of rotatable bonds is 6. The van der Waals surface area contributed by atoms with Crippen molar-refractivity contribution in [1.29, 1.82) is 0 Å². The minimum Gasteiger partial charge on any atom is -0.379 e. The fourth-order valence-corrected chi connectivity index (χ4v) is 3.24. The van der Waals surface area contributed by atoms with E-state index in [9.17, 15) is 4.79 Å². The number of ether oxygens (including phenoxy) is 1. The molecule has 22 heavy (non-hydrogen) atoms. The molecule has 3 rings (SSSR count). The Morgan fingerprint density at radius 2 is 1.82 bits per heavy atom.